The molecule has 0 saturated heterocycles. The van der Waals surface area contributed by atoms with Crippen molar-refractivity contribution in [3.8, 4) is 0 Å². The molecule has 0 aromatic heterocycles. The normalized spacial score (nSPS) is 13.7. The Kier molecular flexibility index (Phi) is 15.0. The Morgan fingerprint density at radius 1 is 0.846 bits per heavy atom. The van der Waals surface area contributed by atoms with Crippen molar-refractivity contribution in [2.24, 2.45) is 5.73 Å². The molecule has 0 spiro atoms. The molecule has 26 heavy (non-hydrogen) atoms. The molecule has 0 fully saturated rings. The van der Waals surface area contributed by atoms with Crippen molar-refractivity contribution in [3.63, 3.8) is 0 Å². The monoisotopic (exact) mass is 370 g/mol. The molecule has 6 nitrogen and oxygen atoms in total. The first-order chi connectivity index (χ1) is 12.4. The van der Waals surface area contributed by atoms with Gasteiger partial charge >= 0.3 is 0 Å². The third-order valence-corrected chi connectivity index (χ3v) is 4.58. The highest BCUT2D eigenvalue weighted by atomic mass is 16.3. The van der Waals surface area contributed by atoms with Crippen molar-refractivity contribution < 1.29 is 19.8 Å². The van der Waals surface area contributed by atoms with Gasteiger partial charge in [-0.3, -0.25) is 9.59 Å². The first-order valence-electron chi connectivity index (χ1n) is 10.0. The third-order valence-electron chi connectivity index (χ3n) is 4.58. The lowest BCUT2D eigenvalue weighted by Crippen LogP contribution is -2.32. The zero-order chi connectivity index (χ0) is 19.8. The zero-order valence-corrected chi connectivity index (χ0v) is 16.5. The van der Waals surface area contributed by atoms with Crippen LogP contribution in [0.5, 0.6) is 0 Å². The SMILES string of the molecule is CCC(O)CCCCCN(CCCCCC(O)CC)C(=O)C=CC(N)=O. The minimum Gasteiger partial charge on any atom is -0.393 e. The molecule has 0 radical (unpaired) electrons. The van der Waals surface area contributed by atoms with Gasteiger partial charge < -0.3 is 20.8 Å². The summed E-state index contributed by atoms with van der Waals surface area (Å²) in [5, 5.41) is 19.1. The van der Waals surface area contributed by atoms with Gasteiger partial charge in [0, 0.05) is 25.2 Å². The first-order valence-corrected chi connectivity index (χ1v) is 10.0. The van der Waals surface area contributed by atoms with Crippen LogP contribution in [0.4, 0.5) is 0 Å². The maximum Gasteiger partial charge on any atom is 0.246 e. The minimum absolute atomic E-state index is 0.189. The van der Waals surface area contributed by atoms with Crippen LogP contribution in [0.2, 0.25) is 0 Å². The summed E-state index contributed by atoms with van der Waals surface area (Å²) < 4.78 is 0. The molecule has 4 N–H and O–H groups in total. The van der Waals surface area contributed by atoms with E-state index in [2.05, 4.69) is 0 Å². The number of amides is 2. The van der Waals surface area contributed by atoms with Crippen LogP contribution in [0, 0.1) is 0 Å². The summed E-state index contributed by atoms with van der Waals surface area (Å²) in [7, 11) is 0. The van der Waals surface area contributed by atoms with E-state index in [1.807, 2.05) is 13.8 Å². The van der Waals surface area contributed by atoms with Crippen LogP contribution in [-0.4, -0.2) is 52.2 Å². The molecule has 0 aliphatic heterocycles. The maximum atomic E-state index is 12.2. The highest BCUT2D eigenvalue weighted by Crippen LogP contribution is 2.10. The molecule has 0 saturated carbocycles. The maximum absolute atomic E-state index is 12.2. The molecule has 0 aromatic rings. The fourth-order valence-corrected chi connectivity index (χ4v) is 2.72. The van der Waals surface area contributed by atoms with E-state index in [0.29, 0.717) is 13.1 Å². The highest BCUT2D eigenvalue weighted by Gasteiger charge is 2.11. The fourth-order valence-electron chi connectivity index (χ4n) is 2.72. The second-order valence-electron chi connectivity index (χ2n) is 6.88. The lowest BCUT2D eigenvalue weighted by atomic mass is 10.1. The molecule has 2 unspecified atom stereocenters. The Morgan fingerprint density at radius 3 is 1.69 bits per heavy atom. The van der Waals surface area contributed by atoms with E-state index in [4.69, 9.17) is 5.73 Å². The van der Waals surface area contributed by atoms with E-state index >= 15 is 0 Å². The van der Waals surface area contributed by atoms with Crippen molar-refractivity contribution in [1.29, 1.82) is 0 Å². The number of carbonyl (C=O) groups excluding carboxylic acids is 2. The summed E-state index contributed by atoms with van der Waals surface area (Å²) in [6.45, 7) is 5.22. The number of unbranched alkanes of at least 4 members (excludes halogenated alkanes) is 4. The third kappa shape index (κ3) is 13.8. The smallest absolute Gasteiger partial charge is 0.246 e. The average molecular weight is 371 g/mol. The van der Waals surface area contributed by atoms with Crippen LogP contribution in [0.1, 0.15) is 78.1 Å². The van der Waals surface area contributed by atoms with Gasteiger partial charge in [-0.05, 0) is 38.5 Å². The molecule has 0 aliphatic rings. The van der Waals surface area contributed by atoms with Crippen LogP contribution in [0.25, 0.3) is 0 Å². The van der Waals surface area contributed by atoms with E-state index in [1.165, 1.54) is 6.08 Å². The topological polar surface area (TPSA) is 104 Å². The summed E-state index contributed by atoms with van der Waals surface area (Å²) in [4.78, 5) is 24.8. The molecule has 0 aliphatic carbocycles. The van der Waals surface area contributed by atoms with Gasteiger partial charge in [0.05, 0.1) is 12.2 Å². The molecule has 0 bridgehead atoms. The van der Waals surface area contributed by atoms with Crippen LogP contribution in [-0.2, 0) is 9.59 Å². The fraction of sp³-hybridized carbons (Fsp3) is 0.800. The molecular formula is C20H38N2O4. The van der Waals surface area contributed by atoms with Crippen molar-refractivity contribution in [2.75, 3.05) is 13.1 Å². The van der Waals surface area contributed by atoms with Crippen LogP contribution in [0.3, 0.4) is 0 Å². The predicted octanol–water partition coefficient (Wildman–Crippen LogP) is 2.52. The Morgan fingerprint density at radius 2 is 1.31 bits per heavy atom. The number of hydrogen-bond donors (Lipinski definition) is 3. The molecular weight excluding hydrogens is 332 g/mol. The summed E-state index contributed by atoms with van der Waals surface area (Å²) in [6, 6.07) is 0. The Balaban J connectivity index is 4.25. The second-order valence-corrected chi connectivity index (χ2v) is 6.88. The van der Waals surface area contributed by atoms with Crippen molar-refractivity contribution in [2.45, 2.75) is 90.3 Å². The molecule has 6 heteroatoms. The highest BCUT2D eigenvalue weighted by molar-refractivity contribution is 5.95. The Hall–Kier alpha value is -1.40. The number of aliphatic hydroxyl groups is 2. The summed E-state index contributed by atoms with van der Waals surface area (Å²) in [5.41, 5.74) is 5.06. The van der Waals surface area contributed by atoms with Crippen molar-refractivity contribution in [3.05, 3.63) is 12.2 Å². The lowest BCUT2D eigenvalue weighted by molar-refractivity contribution is -0.126. The van der Waals surface area contributed by atoms with E-state index in [-0.39, 0.29) is 18.1 Å². The van der Waals surface area contributed by atoms with Gasteiger partial charge in [0.1, 0.15) is 0 Å². The van der Waals surface area contributed by atoms with Crippen molar-refractivity contribution in [1.82, 2.24) is 4.90 Å². The summed E-state index contributed by atoms with van der Waals surface area (Å²) >= 11 is 0. The molecule has 0 heterocycles. The Labute approximate surface area is 158 Å². The molecule has 0 aromatic carbocycles. The van der Waals surface area contributed by atoms with Gasteiger partial charge in [-0.2, -0.15) is 0 Å². The lowest BCUT2D eigenvalue weighted by Gasteiger charge is -2.21. The largest absolute Gasteiger partial charge is 0.393 e. The van der Waals surface area contributed by atoms with Gasteiger partial charge in [-0.15, -0.1) is 0 Å². The predicted molar refractivity (Wildman–Crippen MR) is 104 cm³/mol. The number of aliphatic hydroxyl groups excluding tert-OH is 2. The van der Waals surface area contributed by atoms with Crippen LogP contribution < -0.4 is 5.73 Å². The molecule has 152 valence electrons. The van der Waals surface area contributed by atoms with E-state index in [1.54, 1.807) is 4.90 Å². The summed E-state index contributed by atoms with van der Waals surface area (Å²) in [6.07, 6.45) is 10.6. The van der Waals surface area contributed by atoms with E-state index < -0.39 is 5.91 Å². The number of nitrogens with zero attached hydrogens (tertiary/aromatic N) is 1. The standard InChI is InChI=1S/C20H38N2O4/c1-3-17(23)11-7-5-9-15-22(20(26)14-13-19(21)25)16-10-6-8-12-18(24)4-2/h13-14,17-18,23-24H,3-12,15-16H2,1-2H3,(H2,21,25). The Bertz CT molecular complexity index is 393. The van der Waals surface area contributed by atoms with E-state index in [9.17, 15) is 19.8 Å². The van der Waals surface area contributed by atoms with E-state index in [0.717, 1.165) is 70.3 Å². The van der Waals surface area contributed by atoms with Crippen LogP contribution in [0.15, 0.2) is 12.2 Å². The number of rotatable bonds is 16. The first kappa shape index (κ1) is 24.6. The van der Waals surface area contributed by atoms with Crippen molar-refractivity contribution >= 4 is 11.8 Å². The number of nitrogens with two attached hydrogens (primary N) is 1. The number of hydrogen-bond acceptors (Lipinski definition) is 4. The molecule has 2 atom stereocenters. The minimum atomic E-state index is -0.625. The second kappa shape index (κ2) is 15.8. The van der Waals surface area contributed by atoms with Crippen LogP contribution >= 0.6 is 0 Å². The zero-order valence-electron chi connectivity index (χ0n) is 16.5. The summed E-state index contributed by atoms with van der Waals surface area (Å²) in [5.74, 6) is -0.814. The quantitative estimate of drug-likeness (QED) is 0.287. The molecule has 2 amide bonds. The van der Waals surface area contributed by atoms with Gasteiger partial charge in [-0.1, -0.05) is 39.5 Å². The van der Waals surface area contributed by atoms with Gasteiger partial charge in [0.25, 0.3) is 0 Å². The average Bonchev–Trinajstić information content (AvgIpc) is 2.63. The molecule has 0 rings (SSSR count). The van der Waals surface area contributed by atoms with Gasteiger partial charge in [-0.25, -0.2) is 0 Å². The number of carbonyl (C=O) groups is 2. The number of primary amides is 1. The van der Waals surface area contributed by atoms with Gasteiger partial charge in [0.2, 0.25) is 11.8 Å². The van der Waals surface area contributed by atoms with Gasteiger partial charge in [0.15, 0.2) is 0 Å².